The van der Waals surface area contributed by atoms with Crippen LogP contribution in [0.15, 0.2) is 66.7 Å². The average molecular weight is 492 g/mol. The third-order valence-electron chi connectivity index (χ3n) is 5.04. The van der Waals surface area contributed by atoms with Gasteiger partial charge in [-0.05, 0) is 36.4 Å². The fraction of sp³-hybridized carbons (Fsp3) is 0.160. The van der Waals surface area contributed by atoms with Crippen LogP contribution in [0.5, 0.6) is 17.2 Å². The standard InChI is InChI=1S/C25H20N2O9/c28-20(16-9-10-22-23(13-16)34-12-11-33-22)14-36-25(30)17-5-1-2-6-18(17)26-24(29)15-35-21-8-4-3-7-19(21)27(31)32/h1-10,13H,11-12,14-15H2,(H,26,29). The number of hydrogen-bond donors (Lipinski definition) is 1. The summed E-state index contributed by atoms with van der Waals surface area (Å²) in [5, 5.41) is 13.6. The van der Waals surface area contributed by atoms with Crippen molar-refractivity contribution in [3.05, 3.63) is 88.0 Å². The van der Waals surface area contributed by atoms with E-state index in [-0.39, 0.29) is 22.7 Å². The van der Waals surface area contributed by atoms with Gasteiger partial charge in [-0.15, -0.1) is 0 Å². The molecule has 4 rings (SSSR count). The summed E-state index contributed by atoms with van der Waals surface area (Å²) in [6.45, 7) is -0.264. The minimum Gasteiger partial charge on any atom is -0.486 e. The Bertz CT molecular complexity index is 1320. The molecule has 0 spiro atoms. The number of fused-ring (bicyclic) bond motifs is 1. The van der Waals surface area contributed by atoms with E-state index >= 15 is 0 Å². The molecule has 0 unspecified atom stereocenters. The number of amides is 1. The number of Topliss-reactive ketones (excluding diaryl/α,β-unsaturated/α-hetero) is 1. The molecular weight excluding hydrogens is 472 g/mol. The SMILES string of the molecule is O=C(COc1ccccc1[N+](=O)[O-])Nc1ccccc1C(=O)OCC(=O)c1ccc2c(c1)OCCO2. The highest BCUT2D eigenvalue weighted by atomic mass is 16.6. The number of carbonyl (C=O) groups excluding carboxylic acids is 3. The van der Waals surface area contributed by atoms with Crippen LogP contribution in [0.25, 0.3) is 0 Å². The number of nitrogens with zero attached hydrogens (tertiary/aromatic N) is 1. The first-order valence-electron chi connectivity index (χ1n) is 10.8. The number of carbonyl (C=O) groups is 3. The Kier molecular flexibility index (Phi) is 7.39. The first kappa shape index (κ1) is 24.2. The molecule has 1 N–H and O–H groups in total. The molecule has 3 aromatic rings. The third-order valence-corrected chi connectivity index (χ3v) is 5.04. The summed E-state index contributed by atoms with van der Waals surface area (Å²) in [4.78, 5) is 48.0. The van der Waals surface area contributed by atoms with Crippen molar-refractivity contribution in [3.63, 3.8) is 0 Å². The Morgan fingerprint density at radius 3 is 2.44 bits per heavy atom. The zero-order chi connectivity index (χ0) is 25.5. The van der Waals surface area contributed by atoms with Gasteiger partial charge < -0.3 is 24.3 Å². The van der Waals surface area contributed by atoms with Crippen molar-refractivity contribution < 1.29 is 38.3 Å². The number of benzene rings is 3. The minimum atomic E-state index is -0.823. The smallest absolute Gasteiger partial charge is 0.340 e. The molecule has 0 radical (unpaired) electrons. The molecule has 184 valence electrons. The average Bonchev–Trinajstić information content (AvgIpc) is 2.90. The van der Waals surface area contributed by atoms with E-state index in [1.807, 2.05) is 0 Å². The van der Waals surface area contributed by atoms with Crippen molar-refractivity contribution in [1.29, 1.82) is 0 Å². The van der Waals surface area contributed by atoms with E-state index in [1.54, 1.807) is 24.3 Å². The van der Waals surface area contributed by atoms with Gasteiger partial charge in [0.05, 0.1) is 16.2 Å². The zero-order valence-electron chi connectivity index (χ0n) is 18.8. The number of ether oxygens (including phenoxy) is 4. The van der Waals surface area contributed by atoms with Gasteiger partial charge in [0.15, 0.2) is 36.2 Å². The van der Waals surface area contributed by atoms with Crippen molar-refractivity contribution in [1.82, 2.24) is 0 Å². The zero-order valence-corrected chi connectivity index (χ0v) is 18.8. The molecular formula is C25H20N2O9. The second-order valence-electron chi connectivity index (χ2n) is 7.47. The number of rotatable bonds is 9. The second-order valence-corrected chi connectivity index (χ2v) is 7.47. The molecule has 0 saturated heterocycles. The summed E-state index contributed by atoms with van der Waals surface area (Å²) >= 11 is 0. The summed E-state index contributed by atoms with van der Waals surface area (Å²) < 4.78 is 21.3. The number of hydrogen-bond acceptors (Lipinski definition) is 9. The predicted molar refractivity (Wildman–Crippen MR) is 126 cm³/mol. The van der Waals surface area contributed by atoms with Gasteiger partial charge in [0.25, 0.3) is 5.91 Å². The van der Waals surface area contributed by atoms with Gasteiger partial charge in [0.1, 0.15) is 13.2 Å². The Hall–Kier alpha value is -4.93. The van der Waals surface area contributed by atoms with Gasteiger partial charge in [-0.3, -0.25) is 19.7 Å². The fourth-order valence-corrected chi connectivity index (χ4v) is 3.34. The van der Waals surface area contributed by atoms with Crippen LogP contribution in [0.2, 0.25) is 0 Å². The Balaban J connectivity index is 1.36. The highest BCUT2D eigenvalue weighted by Gasteiger charge is 2.20. The number of ketones is 1. The lowest BCUT2D eigenvalue weighted by atomic mass is 10.1. The summed E-state index contributed by atoms with van der Waals surface area (Å²) in [5.41, 5.74) is 0.162. The van der Waals surface area contributed by atoms with Gasteiger partial charge in [-0.1, -0.05) is 24.3 Å². The summed E-state index contributed by atoms with van der Waals surface area (Å²) in [6, 6.07) is 16.4. The Morgan fingerprint density at radius 2 is 1.64 bits per heavy atom. The van der Waals surface area contributed by atoms with Crippen LogP contribution in [0.3, 0.4) is 0 Å². The normalized spacial score (nSPS) is 11.8. The van der Waals surface area contributed by atoms with E-state index in [0.29, 0.717) is 30.3 Å². The molecule has 0 aliphatic carbocycles. The summed E-state index contributed by atoms with van der Waals surface area (Å²) in [7, 11) is 0. The molecule has 0 atom stereocenters. The van der Waals surface area contributed by atoms with Gasteiger partial charge in [-0.25, -0.2) is 4.79 Å². The highest BCUT2D eigenvalue weighted by Crippen LogP contribution is 2.31. The maximum Gasteiger partial charge on any atom is 0.340 e. The number of esters is 1. The fourth-order valence-electron chi connectivity index (χ4n) is 3.34. The summed E-state index contributed by atoms with van der Waals surface area (Å²) in [5.74, 6) is -1.01. The molecule has 1 amide bonds. The van der Waals surface area contributed by atoms with E-state index in [9.17, 15) is 24.5 Å². The number of anilines is 1. The van der Waals surface area contributed by atoms with Crippen molar-refractivity contribution in [2.45, 2.75) is 0 Å². The quantitative estimate of drug-likeness (QED) is 0.206. The molecule has 36 heavy (non-hydrogen) atoms. The van der Waals surface area contributed by atoms with Crippen LogP contribution in [-0.4, -0.2) is 49.0 Å². The lowest BCUT2D eigenvalue weighted by Gasteiger charge is -2.18. The van der Waals surface area contributed by atoms with E-state index in [1.165, 1.54) is 42.5 Å². The molecule has 1 aliphatic heterocycles. The van der Waals surface area contributed by atoms with Crippen LogP contribution >= 0.6 is 0 Å². The van der Waals surface area contributed by atoms with Gasteiger partial charge in [0, 0.05) is 11.6 Å². The molecule has 1 aliphatic rings. The van der Waals surface area contributed by atoms with Crippen LogP contribution in [0, 0.1) is 10.1 Å². The van der Waals surface area contributed by atoms with E-state index in [0.717, 1.165) is 0 Å². The van der Waals surface area contributed by atoms with Crippen molar-refractivity contribution in [3.8, 4) is 17.2 Å². The number of nitrogens with one attached hydrogen (secondary N) is 1. The lowest BCUT2D eigenvalue weighted by molar-refractivity contribution is -0.385. The van der Waals surface area contributed by atoms with E-state index < -0.39 is 35.8 Å². The molecule has 11 nitrogen and oxygen atoms in total. The molecule has 0 fully saturated rings. The molecule has 3 aromatic carbocycles. The molecule has 0 aromatic heterocycles. The topological polar surface area (TPSA) is 143 Å². The Morgan fingerprint density at radius 1 is 0.917 bits per heavy atom. The first-order valence-corrected chi connectivity index (χ1v) is 10.8. The predicted octanol–water partition coefficient (Wildman–Crippen LogP) is 3.42. The van der Waals surface area contributed by atoms with Gasteiger partial charge in [0.2, 0.25) is 0 Å². The minimum absolute atomic E-state index is 0.0199. The van der Waals surface area contributed by atoms with Crippen molar-refractivity contribution >= 4 is 29.0 Å². The molecule has 11 heteroatoms. The maximum atomic E-state index is 12.6. The van der Waals surface area contributed by atoms with E-state index in [2.05, 4.69) is 5.32 Å². The number of nitro groups is 1. The highest BCUT2D eigenvalue weighted by molar-refractivity contribution is 6.03. The van der Waals surface area contributed by atoms with Crippen LogP contribution < -0.4 is 19.5 Å². The third kappa shape index (κ3) is 5.76. The largest absolute Gasteiger partial charge is 0.486 e. The summed E-state index contributed by atoms with van der Waals surface area (Å²) in [6.07, 6.45) is 0. The molecule has 0 saturated carbocycles. The first-order chi connectivity index (χ1) is 17.4. The molecule has 1 heterocycles. The molecule has 0 bridgehead atoms. The van der Waals surface area contributed by atoms with E-state index in [4.69, 9.17) is 18.9 Å². The lowest BCUT2D eigenvalue weighted by Crippen LogP contribution is -2.22. The van der Waals surface area contributed by atoms with Crippen LogP contribution in [-0.2, 0) is 9.53 Å². The van der Waals surface area contributed by atoms with Crippen LogP contribution in [0.1, 0.15) is 20.7 Å². The van der Waals surface area contributed by atoms with Gasteiger partial charge >= 0.3 is 11.7 Å². The monoisotopic (exact) mass is 492 g/mol. The second kappa shape index (κ2) is 11.0. The van der Waals surface area contributed by atoms with Gasteiger partial charge in [-0.2, -0.15) is 0 Å². The van der Waals surface area contributed by atoms with Crippen molar-refractivity contribution in [2.24, 2.45) is 0 Å². The maximum absolute atomic E-state index is 12.6. The Labute approximate surface area is 204 Å². The number of nitro benzene ring substituents is 1. The number of para-hydroxylation sites is 3. The van der Waals surface area contributed by atoms with Crippen molar-refractivity contribution in [2.75, 3.05) is 31.7 Å². The van der Waals surface area contributed by atoms with Crippen LogP contribution in [0.4, 0.5) is 11.4 Å².